The first-order valence-corrected chi connectivity index (χ1v) is 10.5. The lowest BCUT2D eigenvalue weighted by Gasteiger charge is -2.48. The second kappa shape index (κ2) is 12.0. The summed E-state index contributed by atoms with van der Waals surface area (Å²) in [7, 11) is 1.86. The normalized spacial score (nSPS) is 20.4. The van der Waals surface area contributed by atoms with Crippen molar-refractivity contribution >= 4 is 29.9 Å². The molecule has 1 saturated heterocycles. The van der Waals surface area contributed by atoms with Crippen molar-refractivity contribution in [1.82, 2.24) is 25.3 Å². The number of hydrogen-bond acceptors (Lipinski definition) is 4. The lowest BCUT2D eigenvalue weighted by atomic mass is 9.80. The van der Waals surface area contributed by atoms with Crippen LogP contribution in [0.25, 0.3) is 0 Å². The average Bonchev–Trinajstić information content (AvgIpc) is 3.14. The molecule has 1 aliphatic carbocycles. The molecule has 7 nitrogen and oxygen atoms in total. The van der Waals surface area contributed by atoms with Crippen LogP contribution in [0.4, 0.5) is 0 Å². The fourth-order valence-electron chi connectivity index (χ4n) is 4.36. The van der Waals surface area contributed by atoms with E-state index in [9.17, 15) is 0 Å². The highest BCUT2D eigenvalue weighted by Crippen LogP contribution is 2.33. The Morgan fingerprint density at radius 3 is 2.61 bits per heavy atom. The number of morpholine rings is 1. The maximum absolute atomic E-state index is 5.58. The van der Waals surface area contributed by atoms with Gasteiger partial charge in [-0.05, 0) is 31.7 Å². The zero-order valence-electron chi connectivity index (χ0n) is 17.5. The molecule has 0 bridgehead atoms. The largest absolute Gasteiger partial charge is 0.379 e. The number of aliphatic imine (C=N–C) groups is 1. The lowest BCUT2D eigenvalue weighted by Crippen LogP contribution is -2.60. The Balaban J connectivity index is 0.00000280. The van der Waals surface area contributed by atoms with Gasteiger partial charge in [-0.15, -0.1) is 24.0 Å². The molecule has 0 amide bonds. The monoisotopic (exact) mass is 504 g/mol. The molecule has 0 atom stereocenters. The Morgan fingerprint density at radius 1 is 1.21 bits per heavy atom. The van der Waals surface area contributed by atoms with Crippen molar-refractivity contribution < 1.29 is 4.74 Å². The molecule has 3 rings (SSSR count). The van der Waals surface area contributed by atoms with Gasteiger partial charge in [0.2, 0.25) is 0 Å². The summed E-state index contributed by atoms with van der Waals surface area (Å²) in [5, 5.41) is 11.4. The van der Waals surface area contributed by atoms with Gasteiger partial charge in [-0.25, -0.2) is 0 Å². The minimum atomic E-state index is 0. The molecule has 8 heteroatoms. The zero-order chi connectivity index (χ0) is 19.0. The van der Waals surface area contributed by atoms with E-state index in [1.165, 1.54) is 37.7 Å². The second-order valence-corrected chi connectivity index (χ2v) is 7.87. The summed E-state index contributed by atoms with van der Waals surface area (Å²) in [5.41, 5.74) is 1.47. The molecule has 0 aromatic carbocycles. The van der Waals surface area contributed by atoms with Gasteiger partial charge >= 0.3 is 0 Å². The molecule has 2 N–H and O–H groups in total. The summed E-state index contributed by atoms with van der Waals surface area (Å²) in [5.74, 6) is 0.907. The molecule has 1 aliphatic heterocycles. The minimum Gasteiger partial charge on any atom is -0.379 e. The number of aryl methyl sites for hydroxylation is 2. The molecule has 0 radical (unpaired) electrons. The molecule has 2 aliphatic rings. The topological polar surface area (TPSA) is 66.7 Å². The van der Waals surface area contributed by atoms with Crippen LogP contribution in [-0.4, -0.2) is 72.6 Å². The van der Waals surface area contributed by atoms with Crippen LogP contribution in [0, 0.1) is 6.92 Å². The highest BCUT2D eigenvalue weighted by Gasteiger charge is 2.38. The first kappa shape index (κ1) is 23.4. The fraction of sp³-hybridized carbons (Fsp3) is 0.800. The number of hydrogen-bond donors (Lipinski definition) is 2. The quantitative estimate of drug-likeness (QED) is 0.259. The second-order valence-electron chi connectivity index (χ2n) is 7.87. The van der Waals surface area contributed by atoms with Crippen molar-refractivity contribution in [2.75, 3.05) is 46.4 Å². The summed E-state index contributed by atoms with van der Waals surface area (Å²) >= 11 is 0. The van der Waals surface area contributed by atoms with Gasteiger partial charge < -0.3 is 15.4 Å². The van der Waals surface area contributed by atoms with Gasteiger partial charge in [0, 0.05) is 51.5 Å². The van der Waals surface area contributed by atoms with E-state index in [4.69, 9.17) is 4.74 Å². The standard InChI is InChI=1S/C20H36N6O.HI/c1-18-15-24-26(16-18)10-6-9-22-19(21-2)23-17-20(7-4-3-5-8-20)25-11-13-27-14-12-25;/h15-16H,3-14,17H2,1-2H3,(H2,21,22,23);1H. The Kier molecular flexibility index (Phi) is 10.0. The third-order valence-electron chi connectivity index (χ3n) is 5.89. The molecular weight excluding hydrogens is 467 g/mol. The van der Waals surface area contributed by atoms with Gasteiger partial charge in [0.05, 0.1) is 19.4 Å². The molecule has 28 heavy (non-hydrogen) atoms. The van der Waals surface area contributed by atoms with Crippen LogP contribution in [0.15, 0.2) is 17.4 Å². The first-order valence-electron chi connectivity index (χ1n) is 10.5. The Labute approximate surface area is 186 Å². The number of nitrogens with zero attached hydrogens (tertiary/aromatic N) is 4. The van der Waals surface area contributed by atoms with Gasteiger partial charge in [0.1, 0.15) is 0 Å². The van der Waals surface area contributed by atoms with E-state index in [-0.39, 0.29) is 29.5 Å². The van der Waals surface area contributed by atoms with E-state index in [1.54, 1.807) is 0 Å². The smallest absolute Gasteiger partial charge is 0.191 e. The van der Waals surface area contributed by atoms with Crippen molar-refractivity contribution in [3.8, 4) is 0 Å². The molecule has 160 valence electrons. The highest BCUT2D eigenvalue weighted by atomic mass is 127. The van der Waals surface area contributed by atoms with Crippen LogP contribution in [0.2, 0.25) is 0 Å². The number of ether oxygens (including phenoxy) is 1. The van der Waals surface area contributed by atoms with E-state index < -0.39 is 0 Å². The summed E-state index contributed by atoms with van der Waals surface area (Å²) in [4.78, 5) is 7.09. The van der Waals surface area contributed by atoms with E-state index in [1.807, 2.05) is 17.9 Å². The minimum absolute atomic E-state index is 0. The van der Waals surface area contributed by atoms with Gasteiger partial charge in [0.15, 0.2) is 5.96 Å². The number of guanidine groups is 1. The molecular formula is C20H37IN6O. The van der Waals surface area contributed by atoms with E-state index in [0.717, 1.165) is 58.3 Å². The van der Waals surface area contributed by atoms with E-state index in [2.05, 4.69) is 38.7 Å². The van der Waals surface area contributed by atoms with Crippen molar-refractivity contribution in [3.05, 3.63) is 18.0 Å². The van der Waals surface area contributed by atoms with Crippen molar-refractivity contribution in [3.63, 3.8) is 0 Å². The van der Waals surface area contributed by atoms with Crippen LogP contribution in [0.3, 0.4) is 0 Å². The maximum atomic E-state index is 5.58. The van der Waals surface area contributed by atoms with Crippen LogP contribution in [0.1, 0.15) is 44.1 Å². The Hall–Kier alpha value is -0.870. The van der Waals surface area contributed by atoms with Crippen LogP contribution in [-0.2, 0) is 11.3 Å². The Morgan fingerprint density at radius 2 is 1.96 bits per heavy atom. The lowest BCUT2D eigenvalue weighted by molar-refractivity contribution is -0.0352. The Bertz CT molecular complexity index is 593. The number of halogens is 1. The third kappa shape index (κ3) is 6.59. The number of aromatic nitrogens is 2. The maximum Gasteiger partial charge on any atom is 0.191 e. The van der Waals surface area contributed by atoms with Crippen LogP contribution < -0.4 is 10.6 Å². The van der Waals surface area contributed by atoms with Gasteiger partial charge in [-0.1, -0.05) is 19.3 Å². The first-order chi connectivity index (χ1) is 13.2. The van der Waals surface area contributed by atoms with Crippen LogP contribution in [0.5, 0.6) is 0 Å². The molecule has 2 fully saturated rings. The SMILES string of the molecule is CN=C(NCCCn1cc(C)cn1)NCC1(N2CCOCC2)CCCCC1.I. The predicted octanol–water partition coefficient (Wildman–Crippen LogP) is 2.40. The summed E-state index contributed by atoms with van der Waals surface area (Å²) in [6.45, 7) is 8.68. The average molecular weight is 504 g/mol. The molecule has 0 unspecified atom stereocenters. The highest BCUT2D eigenvalue weighted by molar-refractivity contribution is 14.0. The van der Waals surface area contributed by atoms with Crippen LogP contribution >= 0.6 is 24.0 Å². The number of nitrogens with one attached hydrogen (secondary N) is 2. The number of rotatable bonds is 7. The molecule has 0 spiro atoms. The summed E-state index contributed by atoms with van der Waals surface area (Å²) < 4.78 is 7.58. The molecule has 1 aromatic heterocycles. The third-order valence-corrected chi connectivity index (χ3v) is 5.89. The molecule has 1 aromatic rings. The zero-order valence-corrected chi connectivity index (χ0v) is 19.8. The summed E-state index contributed by atoms with van der Waals surface area (Å²) in [6.07, 6.45) is 11.6. The summed E-state index contributed by atoms with van der Waals surface area (Å²) in [6, 6.07) is 0. The van der Waals surface area contributed by atoms with Gasteiger partial charge in [-0.2, -0.15) is 5.10 Å². The van der Waals surface area contributed by atoms with Gasteiger partial charge in [0.25, 0.3) is 0 Å². The van der Waals surface area contributed by atoms with E-state index in [0.29, 0.717) is 0 Å². The van der Waals surface area contributed by atoms with Crippen molar-refractivity contribution in [2.24, 2.45) is 4.99 Å². The van der Waals surface area contributed by atoms with Gasteiger partial charge in [-0.3, -0.25) is 14.6 Å². The molecule has 1 saturated carbocycles. The fourth-order valence-corrected chi connectivity index (χ4v) is 4.36. The van der Waals surface area contributed by atoms with Crippen molar-refractivity contribution in [2.45, 2.75) is 57.5 Å². The van der Waals surface area contributed by atoms with E-state index >= 15 is 0 Å². The predicted molar refractivity (Wildman–Crippen MR) is 125 cm³/mol. The van der Waals surface area contributed by atoms with Crippen molar-refractivity contribution in [1.29, 1.82) is 0 Å². The molecule has 2 heterocycles.